The Morgan fingerprint density at radius 1 is 1.48 bits per heavy atom. The molecule has 0 saturated carbocycles. The fourth-order valence-corrected chi connectivity index (χ4v) is 3.08. The first kappa shape index (κ1) is 15.6. The molecule has 0 bridgehead atoms. The molecule has 3 unspecified atom stereocenters. The summed E-state index contributed by atoms with van der Waals surface area (Å²) in [5, 5.41) is 14.6. The van der Waals surface area contributed by atoms with E-state index in [1.165, 1.54) is 0 Å². The zero-order valence-electron chi connectivity index (χ0n) is 12.3. The van der Waals surface area contributed by atoms with Crippen molar-refractivity contribution in [3.8, 4) is 0 Å². The number of nitrogens with one attached hydrogen (secondary N) is 2. The summed E-state index contributed by atoms with van der Waals surface area (Å²) in [6, 6.07) is -0.987. The third-order valence-corrected chi connectivity index (χ3v) is 4.28. The summed E-state index contributed by atoms with van der Waals surface area (Å²) in [5.41, 5.74) is 0. The summed E-state index contributed by atoms with van der Waals surface area (Å²) in [5.74, 6) is -0.635. The van der Waals surface area contributed by atoms with Gasteiger partial charge in [0.1, 0.15) is 6.04 Å². The number of hydrogen-bond acceptors (Lipinski definition) is 3. The van der Waals surface area contributed by atoms with Crippen molar-refractivity contribution in [3.05, 3.63) is 0 Å². The SMILES string of the molecule is CCCC(NC(=O)N1CCC2NC(=O)CCC2C1)C(=O)O. The molecule has 2 rings (SSSR count). The van der Waals surface area contributed by atoms with Crippen LogP contribution >= 0.6 is 0 Å². The van der Waals surface area contributed by atoms with E-state index >= 15 is 0 Å². The van der Waals surface area contributed by atoms with Gasteiger partial charge in [0.25, 0.3) is 0 Å². The monoisotopic (exact) mass is 297 g/mol. The average Bonchev–Trinajstić information content (AvgIpc) is 2.45. The zero-order valence-corrected chi connectivity index (χ0v) is 12.3. The molecule has 118 valence electrons. The fourth-order valence-electron chi connectivity index (χ4n) is 3.08. The number of carboxylic acids is 1. The van der Waals surface area contributed by atoms with E-state index in [2.05, 4.69) is 10.6 Å². The Kier molecular flexibility index (Phi) is 5.03. The van der Waals surface area contributed by atoms with Gasteiger partial charge in [0.2, 0.25) is 5.91 Å². The molecule has 0 radical (unpaired) electrons. The number of fused-ring (bicyclic) bond motifs is 1. The van der Waals surface area contributed by atoms with Gasteiger partial charge in [0, 0.05) is 25.6 Å². The highest BCUT2D eigenvalue weighted by Gasteiger charge is 2.35. The lowest BCUT2D eigenvalue weighted by atomic mass is 9.85. The molecular weight excluding hydrogens is 274 g/mol. The lowest BCUT2D eigenvalue weighted by molar-refractivity contribution is -0.139. The number of carbonyl (C=O) groups excluding carboxylic acids is 2. The summed E-state index contributed by atoms with van der Waals surface area (Å²) < 4.78 is 0. The Balaban J connectivity index is 1.89. The summed E-state index contributed by atoms with van der Waals surface area (Å²) >= 11 is 0. The van der Waals surface area contributed by atoms with Crippen molar-refractivity contribution >= 4 is 17.9 Å². The van der Waals surface area contributed by atoms with Crippen molar-refractivity contribution in [3.63, 3.8) is 0 Å². The molecule has 3 amide bonds. The summed E-state index contributed by atoms with van der Waals surface area (Å²) in [6.07, 6.45) is 3.15. The molecule has 2 fully saturated rings. The van der Waals surface area contributed by atoms with Gasteiger partial charge in [-0.15, -0.1) is 0 Å². The fraction of sp³-hybridized carbons (Fsp3) is 0.786. The highest BCUT2D eigenvalue weighted by atomic mass is 16.4. The van der Waals surface area contributed by atoms with Gasteiger partial charge < -0.3 is 20.6 Å². The summed E-state index contributed by atoms with van der Waals surface area (Å²) in [6.45, 7) is 3.01. The first-order valence-electron chi connectivity index (χ1n) is 7.59. The number of rotatable bonds is 4. The van der Waals surface area contributed by atoms with E-state index in [4.69, 9.17) is 5.11 Å². The molecule has 7 heteroatoms. The number of urea groups is 1. The second-order valence-corrected chi connectivity index (χ2v) is 5.84. The van der Waals surface area contributed by atoms with E-state index in [0.29, 0.717) is 32.4 Å². The largest absolute Gasteiger partial charge is 0.480 e. The van der Waals surface area contributed by atoms with E-state index < -0.39 is 12.0 Å². The van der Waals surface area contributed by atoms with Crippen molar-refractivity contribution in [2.24, 2.45) is 5.92 Å². The molecule has 0 spiro atoms. The molecular formula is C14H23N3O4. The molecule has 7 nitrogen and oxygen atoms in total. The molecule has 0 aromatic heterocycles. The van der Waals surface area contributed by atoms with Crippen LogP contribution in [0, 0.1) is 5.92 Å². The van der Waals surface area contributed by atoms with Gasteiger partial charge >= 0.3 is 12.0 Å². The quantitative estimate of drug-likeness (QED) is 0.705. The Bertz CT molecular complexity index is 426. The van der Waals surface area contributed by atoms with Crippen molar-refractivity contribution in [1.29, 1.82) is 0 Å². The molecule has 2 saturated heterocycles. The van der Waals surface area contributed by atoms with Crippen LogP contribution < -0.4 is 10.6 Å². The lowest BCUT2D eigenvalue weighted by Crippen LogP contribution is -2.58. The van der Waals surface area contributed by atoms with Crippen LogP contribution in [-0.2, 0) is 9.59 Å². The van der Waals surface area contributed by atoms with Crippen LogP contribution in [0.15, 0.2) is 0 Å². The Hall–Kier alpha value is -1.79. The van der Waals surface area contributed by atoms with Gasteiger partial charge in [-0.1, -0.05) is 13.3 Å². The number of carboxylic acid groups (broad SMARTS) is 1. The third kappa shape index (κ3) is 3.86. The van der Waals surface area contributed by atoms with Crippen molar-refractivity contribution < 1.29 is 19.5 Å². The molecule has 21 heavy (non-hydrogen) atoms. The number of amides is 3. The average molecular weight is 297 g/mol. The van der Waals surface area contributed by atoms with Crippen molar-refractivity contribution in [1.82, 2.24) is 15.5 Å². The molecule has 3 atom stereocenters. The van der Waals surface area contributed by atoms with Crippen LogP contribution in [0.5, 0.6) is 0 Å². The first-order valence-corrected chi connectivity index (χ1v) is 7.59. The number of piperidine rings is 2. The predicted molar refractivity (Wildman–Crippen MR) is 75.7 cm³/mol. The van der Waals surface area contributed by atoms with Gasteiger partial charge in [0.15, 0.2) is 0 Å². The maximum atomic E-state index is 12.2. The number of hydrogen-bond donors (Lipinski definition) is 3. The minimum absolute atomic E-state index is 0.0861. The number of carbonyl (C=O) groups is 3. The topological polar surface area (TPSA) is 98.7 Å². The summed E-state index contributed by atoms with van der Waals surface area (Å²) in [4.78, 5) is 36.3. The molecule has 0 aliphatic carbocycles. The van der Waals surface area contributed by atoms with E-state index in [1.807, 2.05) is 6.92 Å². The van der Waals surface area contributed by atoms with Crippen LogP contribution in [0.2, 0.25) is 0 Å². The van der Waals surface area contributed by atoms with Gasteiger partial charge in [-0.05, 0) is 25.2 Å². The van der Waals surface area contributed by atoms with Crippen molar-refractivity contribution in [2.45, 2.75) is 51.1 Å². The normalized spacial score (nSPS) is 26.5. The third-order valence-electron chi connectivity index (χ3n) is 4.28. The standard InChI is InChI=1S/C14H23N3O4/c1-2-3-11(13(19)20)16-14(21)17-7-6-10-9(8-17)4-5-12(18)15-10/h9-11H,2-8H2,1H3,(H,15,18)(H,16,21)(H,19,20). The van der Waals surface area contributed by atoms with Gasteiger partial charge in [-0.2, -0.15) is 0 Å². The van der Waals surface area contributed by atoms with Crippen LogP contribution in [0.25, 0.3) is 0 Å². The van der Waals surface area contributed by atoms with Gasteiger partial charge in [-0.3, -0.25) is 4.79 Å². The number of aliphatic carboxylic acids is 1. The molecule has 0 aromatic carbocycles. The van der Waals surface area contributed by atoms with Gasteiger partial charge in [0.05, 0.1) is 0 Å². The second-order valence-electron chi connectivity index (χ2n) is 5.84. The molecule has 0 aromatic rings. The molecule has 2 aliphatic heterocycles. The van der Waals surface area contributed by atoms with E-state index in [1.54, 1.807) is 4.90 Å². The van der Waals surface area contributed by atoms with E-state index in [9.17, 15) is 14.4 Å². The predicted octanol–water partition coefficient (Wildman–Crippen LogP) is 0.550. The number of likely N-dealkylation sites (tertiary alicyclic amines) is 1. The van der Waals surface area contributed by atoms with Crippen LogP contribution in [-0.4, -0.2) is 53.1 Å². The summed E-state index contributed by atoms with van der Waals surface area (Å²) in [7, 11) is 0. The smallest absolute Gasteiger partial charge is 0.326 e. The Morgan fingerprint density at radius 2 is 2.24 bits per heavy atom. The van der Waals surface area contributed by atoms with Crippen molar-refractivity contribution in [2.75, 3.05) is 13.1 Å². The second kappa shape index (κ2) is 6.78. The van der Waals surface area contributed by atoms with Crippen LogP contribution in [0.1, 0.15) is 39.0 Å². The molecule has 2 heterocycles. The van der Waals surface area contributed by atoms with Gasteiger partial charge in [-0.25, -0.2) is 9.59 Å². The zero-order chi connectivity index (χ0) is 15.4. The Morgan fingerprint density at radius 3 is 2.90 bits per heavy atom. The first-order chi connectivity index (χ1) is 10.0. The maximum Gasteiger partial charge on any atom is 0.326 e. The maximum absolute atomic E-state index is 12.2. The highest BCUT2D eigenvalue weighted by Crippen LogP contribution is 2.25. The van der Waals surface area contributed by atoms with E-state index in [-0.39, 0.29) is 23.9 Å². The van der Waals surface area contributed by atoms with Crippen LogP contribution in [0.4, 0.5) is 4.79 Å². The Labute approximate surface area is 124 Å². The molecule has 3 N–H and O–H groups in total. The van der Waals surface area contributed by atoms with E-state index in [0.717, 1.165) is 12.8 Å². The minimum atomic E-state index is -0.995. The molecule has 2 aliphatic rings. The van der Waals surface area contributed by atoms with Crippen LogP contribution in [0.3, 0.4) is 0 Å². The minimum Gasteiger partial charge on any atom is -0.480 e. The number of nitrogens with zero attached hydrogens (tertiary/aromatic N) is 1. The lowest BCUT2D eigenvalue weighted by Gasteiger charge is -2.41. The highest BCUT2D eigenvalue weighted by molar-refractivity contribution is 5.82.